The van der Waals surface area contributed by atoms with Crippen LogP contribution in [-0.2, 0) is 4.74 Å². The van der Waals surface area contributed by atoms with Gasteiger partial charge in [-0.25, -0.2) is 4.68 Å². The average Bonchev–Trinajstić information content (AvgIpc) is 3.18. The van der Waals surface area contributed by atoms with Gasteiger partial charge in [0.2, 0.25) is 0 Å². The molecule has 7 nitrogen and oxygen atoms in total. The summed E-state index contributed by atoms with van der Waals surface area (Å²) in [5, 5.41) is 11.2. The van der Waals surface area contributed by atoms with Crippen LogP contribution in [0.2, 0.25) is 0 Å². The van der Waals surface area contributed by atoms with Crippen molar-refractivity contribution < 1.29 is 9.53 Å². The average molecular weight is 430 g/mol. The molecule has 3 atom stereocenters. The molecule has 3 aromatic rings. The molecular weight excluding hydrogens is 402 g/mol. The molecule has 0 radical (unpaired) electrons. The number of rotatable bonds is 6. The van der Waals surface area contributed by atoms with Gasteiger partial charge in [-0.3, -0.25) is 9.78 Å². The summed E-state index contributed by atoms with van der Waals surface area (Å²) >= 11 is 0. The monoisotopic (exact) mass is 429 g/mol. The summed E-state index contributed by atoms with van der Waals surface area (Å²) in [5.74, 6) is -0.00582. The lowest BCUT2D eigenvalue weighted by molar-refractivity contribution is 0.0951. The fraction of sp³-hybridized carbons (Fsp3) is 0.400. The quantitative estimate of drug-likeness (QED) is 0.622. The number of carbonyl (C=O) groups excluding carboxylic acids is 1. The Labute approximate surface area is 187 Å². The van der Waals surface area contributed by atoms with Gasteiger partial charge in [0.15, 0.2) is 0 Å². The first-order valence-corrected chi connectivity index (χ1v) is 11.5. The SMILES string of the molecule is Cc1ccc(C(=O)NC2CC2)cc1-c1cnn(-c2cncc(N[C@@H]3C[C@H]4CC[C@H]3O4)c2)c1. The number of benzene rings is 1. The predicted molar refractivity (Wildman–Crippen MR) is 122 cm³/mol. The Morgan fingerprint density at radius 1 is 1.12 bits per heavy atom. The first kappa shape index (κ1) is 19.5. The van der Waals surface area contributed by atoms with E-state index in [-0.39, 0.29) is 5.91 Å². The largest absolute Gasteiger partial charge is 0.378 e. The number of ether oxygens (including phenoxy) is 1. The number of fused-ring (bicyclic) bond motifs is 2. The molecule has 2 saturated heterocycles. The van der Waals surface area contributed by atoms with Crippen LogP contribution < -0.4 is 10.6 Å². The van der Waals surface area contributed by atoms with Crippen molar-refractivity contribution in [2.45, 2.75) is 63.3 Å². The predicted octanol–water partition coefficient (Wildman–Crippen LogP) is 3.87. The molecule has 4 heterocycles. The van der Waals surface area contributed by atoms with E-state index in [2.05, 4.69) is 33.7 Å². The number of hydrogen-bond acceptors (Lipinski definition) is 5. The van der Waals surface area contributed by atoms with Gasteiger partial charge in [-0.15, -0.1) is 0 Å². The molecule has 2 aromatic heterocycles. The van der Waals surface area contributed by atoms with Crippen molar-refractivity contribution in [3.05, 3.63) is 60.2 Å². The number of nitrogens with zero attached hydrogens (tertiary/aromatic N) is 3. The van der Waals surface area contributed by atoms with Crippen LogP contribution in [0.1, 0.15) is 48.0 Å². The van der Waals surface area contributed by atoms with Crippen LogP contribution in [0.25, 0.3) is 16.8 Å². The molecule has 3 aliphatic rings. The highest BCUT2D eigenvalue weighted by molar-refractivity contribution is 5.96. The number of aryl methyl sites for hydroxylation is 1. The van der Waals surface area contributed by atoms with Gasteiger partial charge < -0.3 is 15.4 Å². The van der Waals surface area contributed by atoms with E-state index in [1.807, 2.05) is 47.7 Å². The molecule has 2 N–H and O–H groups in total. The Balaban J connectivity index is 1.22. The molecule has 7 heteroatoms. The lowest BCUT2D eigenvalue weighted by Gasteiger charge is -2.21. The maximum atomic E-state index is 12.5. The van der Waals surface area contributed by atoms with Crippen LogP contribution in [0, 0.1) is 6.92 Å². The molecule has 1 saturated carbocycles. The van der Waals surface area contributed by atoms with Gasteiger partial charge in [0.25, 0.3) is 5.91 Å². The zero-order valence-corrected chi connectivity index (χ0v) is 18.1. The second-order valence-corrected chi connectivity index (χ2v) is 9.24. The molecule has 6 rings (SSSR count). The molecule has 1 aromatic carbocycles. The van der Waals surface area contributed by atoms with Crippen LogP contribution in [0.5, 0.6) is 0 Å². The summed E-state index contributed by atoms with van der Waals surface area (Å²) in [6, 6.07) is 8.61. The van der Waals surface area contributed by atoms with Crippen LogP contribution in [0.4, 0.5) is 5.69 Å². The zero-order chi connectivity index (χ0) is 21.7. The van der Waals surface area contributed by atoms with Crippen LogP contribution >= 0.6 is 0 Å². The summed E-state index contributed by atoms with van der Waals surface area (Å²) in [5.41, 5.74) is 5.66. The van der Waals surface area contributed by atoms with Gasteiger partial charge in [0.1, 0.15) is 0 Å². The molecule has 1 aliphatic carbocycles. The minimum absolute atomic E-state index is 0.00582. The molecule has 1 amide bonds. The van der Waals surface area contributed by atoms with Gasteiger partial charge in [0.05, 0.1) is 48.2 Å². The minimum atomic E-state index is -0.00582. The third-order valence-electron chi connectivity index (χ3n) is 6.75. The maximum absolute atomic E-state index is 12.5. The molecule has 3 fully saturated rings. The Kier molecular flexibility index (Phi) is 4.72. The third-order valence-corrected chi connectivity index (χ3v) is 6.75. The lowest BCUT2D eigenvalue weighted by Crippen LogP contribution is -2.30. The first-order valence-electron chi connectivity index (χ1n) is 11.5. The summed E-state index contributed by atoms with van der Waals surface area (Å²) in [7, 11) is 0. The van der Waals surface area contributed by atoms with Crippen LogP contribution in [-0.4, -0.2) is 45.0 Å². The van der Waals surface area contributed by atoms with Crippen molar-refractivity contribution in [1.29, 1.82) is 0 Å². The Hall–Kier alpha value is -3.19. The van der Waals surface area contributed by atoms with Crippen molar-refractivity contribution in [3.8, 4) is 16.8 Å². The number of amides is 1. The lowest BCUT2D eigenvalue weighted by atomic mass is 9.95. The molecule has 32 heavy (non-hydrogen) atoms. The second kappa shape index (κ2) is 7.74. The highest BCUT2D eigenvalue weighted by Gasteiger charge is 2.40. The van der Waals surface area contributed by atoms with Crippen molar-refractivity contribution in [3.63, 3.8) is 0 Å². The zero-order valence-electron chi connectivity index (χ0n) is 18.1. The van der Waals surface area contributed by atoms with Gasteiger partial charge in [-0.05, 0) is 68.4 Å². The fourth-order valence-electron chi connectivity index (χ4n) is 4.81. The van der Waals surface area contributed by atoms with E-state index in [1.54, 1.807) is 0 Å². The number of pyridine rings is 1. The summed E-state index contributed by atoms with van der Waals surface area (Å²) < 4.78 is 7.79. The smallest absolute Gasteiger partial charge is 0.251 e. The summed E-state index contributed by atoms with van der Waals surface area (Å²) in [6.07, 6.45) is 13.8. The molecule has 0 spiro atoms. The van der Waals surface area contributed by atoms with Crippen molar-refractivity contribution in [2.75, 3.05) is 5.32 Å². The van der Waals surface area contributed by atoms with E-state index in [4.69, 9.17) is 4.74 Å². The highest BCUT2D eigenvalue weighted by atomic mass is 16.5. The first-order chi connectivity index (χ1) is 15.6. The number of aromatic nitrogens is 3. The van der Waals surface area contributed by atoms with E-state index >= 15 is 0 Å². The maximum Gasteiger partial charge on any atom is 0.251 e. The molecule has 2 bridgehead atoms. The molecule has 164 valence electrons. The summed E-state index contributed by atoms with van der Waals surface area (Å²) in [6.45, 7) is 2.05. The van der Waals surface area contributed by atoms with Crippen LogP contribution in [0.15, 0.2) is 49.1 Å². The third kappa shape index (κ3) is 3.77. The fourth-order valence-corrected chi connectivity index (χ4v) is 4.81. The van der Waals surface area contributed by atoms with E-state index in [1.165, 1.54) is 6.42 Å². The van der Waals surface area contributed by atoms with Crippen LogP contribution in [0.3, 0.4) is 0 Å². The van der Waals surface area contributed by atoms with E-state index in [9.17, 15) is 4.79 Å². The van der Waals surface area contributed by atoms with Gasteiger partial charge in [0, 0.05) is 23.4 Å². The molecule has 0 unspecified atom stereocenters. The van der Waals surface area contributed by atoms with Gasteiger partial charge >= 0.3 is 0 Å². The van der Waals surface area contributed by atoms with Crippen molar-refractivity contribution in [1.82, 2.24) is 20.1 Å². The Morgan fingerprint density at radius 2 is 2.03 bits per heavy atom. The van der Waals surface area contributed by atoms with Crippen molar-refractivity contribution in [2.24, 2.45) is 0 Å². The topological polar surface area (TPSA) is 81.1 Å². The van der Waals surface area contributed by atoms with Gasteiger partial charge in [-0.1, -0.05) is 6.07 Å². The summed E-state index contributed by atoms with van der Waals surface area (Å²) in [4.78, 5) is 16.9. The van der Waals surface area contributed by atoms with Gasteiger partial charge in [-0.2, -0.15) is 5.10 Å². The number of carbonyl (C=O) groups is 1. The standard InChI is InChI=1S/C25H27N5O2/c1-15-2-3-16(25(31)29-18-4-5-18)8-22(15)17-11-27-30(14-17)20-9-19(12-26-13-20)28-23-10-21-6-7-24(23)32-21/h2-3,8-9,11-14,18,21,23-24,28H,4-7,10H2,1H3,(H,29,31)/t21-,23-,24-/m1/s1. The second-order valence-electron chi connectivity index (χ2n) is 9.24. The van der Waals surface area contributed by atoms with Crippen molar-refractivity contribution >= 4 is 11.6 Å². The molecule has 2 aliphatic heterocycles. The Bertz CT molecular complexity index is 1170. The van der Waals surface area contributed by atoms with E-state index in [0.29, 0.717) is 29.9 Å². The minimum Gasteiger partial charge on any atom is -0.378 e. The normalized spacial score (nSPS) is 24.0. The van der Waals surface area contributed by atoms with E-state index < -0.39 is 0 Å². The molecular formula is C25H27N5O2. The highest BCUT2D eigenvalue weighted by Crippen LogP contribution is 2.36. The number of nitrogens with one attached hydrogen (secondary N) is 2. The Morgan fingerprint density at radius 3 is 2.81 bits per heavy atom. The number of anilines is 1. The number of hydrogen-bond donors (Lipinski definition) is 2. The van der Waals surface area contributed by atoms with E-state index in [0.717, 1.165) is 53.7 Å².